The molecule has 1 rings (SSSR count). The van der Waals surface area contributed by atoms with Gasteiger partial charge >= 0.3 is 5.97 Å². The van der Waals surface area contributed by atoms with Gasteiger partial charge in [-0.15, -0.1) is 0 Å². The number of hydrogen-bond donors (Lipinski definition) is 2. The minimum absolute atomic E-state index is 0.0775. The Morgan fingerprint density at radius 3 is 2.62 bits per heavy atom. The van der Waals surface area contributed by atoms with Crippen molar-refractivity contribution in [3.63, 3.8) is 0 Å². The first-order valence-electron chi connectivity index (χ1n) is 5.13. The number of rotatable bonds is 3. The largest absolute Gasteiger partial charge is 0.480 e. The van der Waals surface area contributed by atoms with Crippen molar-refractivity contribution >= 4 is 11.9 Å². The van der Waals surface area contributed by atoms with Crippen LogP contribution in [0.4, 0.5) is 5.95 Å². The highest BCUT2D eigenvalue weighted by Crippen LogP contribution is 2.20. The zero-order valence-electron chi connectivity index (χ0n) is 9.98. The van der Waals surface area contributed by atoms with Crippen LogP contribution >= 0.6 is 0 Å². The predicted molar refractivity (Wildman–Crippen MR) is 61.5 cm³/mol. The summed E-state index contributed by atoms with van der Waals surface area (Å²) in [6.07, 6.45) is 1.63. The zero-order valence-corrected chi connectivity index (χ0v) is 9.98. The number of nitrogens with zero attached hydrogens (tertiary/aromatic N) is 2. The van der Waals surface area contributed by atoms with Gasteiger partial charge < -0.3 is 10.4 Å². The number of carbonyl (C=O) groups is 1. The molecule has 0 saturated heterocycles. The number of aromatic nitrogens is 2. The van der Waals surface area contributed by atoms with Gasteiger partial charge in [-0.2, -0.15) is 0 Å². The lowest BCUT2D eigenvalue weighted by Gasteiger charge is -2.18. The minimum Gasteiger partial charge on any atom is -0.480 e. The summed E-state index contributed by atoms with van der Waals surface area (Å²) in [4.78, 5) is 18.9. The monoisotopic (exact) mass is 223 g/mol. The van der Waals surface area contributed by atoms with E-state index in [4.69, 9.17) is 5.11 Å². The van der Waals surface area contributed by atoms with E-state index in [1.54, 1.807) is 13.1 Å². The molecule has 0 saturated carbocycles. The first-order chi connectivity index (χ1) is 7.30. The molecule has 0 aromatic carbocycles. The van der Waals surface area contributed by atoms with Gasteiger partial charge in [-0.3, -0.25) is 4.79 Å². The van der Waals surface area contributed by atoms with Crippen LogP contribution in [0.2, 0.25) is 0 Å². The maximum atomic E-state index is 10.7. The van der Waals surface area contributed by atoms with E-state index in [1.165, 1.54) is 0 Å². The van der Waals surface area contributed by atoms with Crippen LogP contribution in [0.5, 0.6) is 0 Å². The summed E-state index contributed by atoms with van der Waals surface area (Å²) in [6, 6.07) is 1.13. The van der Waals surface area contributed by atoms with Crippen molar-refractivity contribution in [2.75, 3.05) is 5.32 Å². The second-order valence-electron chi connectivity index (χ2n) is 4.72. The lowest BCUT2D eigenvalue weighted by Crippen LogP contribution is -2.27. The van der Waals surface area contributed by atoms with Crippen molar-refractivity contribution < 1.29 is 9.90 Å². The Kier molecular flexibility index (Phi) is 3.47. The molecule has 0 spiro atoms. The van der Waals surface area contributed by atoms with E-state index in [1.807, 2.05) is 26.8 Å². The summed E-state index contributed by atoms with van der Waals surface area (Å²) in [7, 11) is 0. The van der Waals surface area contributed by atoms with E-state index in [-0.39, 0.29) is 5.41 Å². The molecule has 1 aromatic rings. The second-order valence-corrected chi connectivity index (χ2v) is 4.72. The number of nitrogens with one attached hydrogen (secondary N) is 1. The molecule has 1 atom stereocenters. The van der Waals surface area contributed by atoms with Crippen molar-refractivity contribution in [2.24, 2.45) is 0 Å². The average Bonchev–Trinajstić information content (AvgIpc) is 2.16. The predicted octanol–water partition coefficient (Wildman–Crippen LogP) is 1.66. The highest BCUT2D eigenvalue weighted by atomic mass is 16.4. The van der Waals surface area contributed by atoms with Gasteiger partial charge in [0.15, 0.2) is 0 Å². The van der Waals surface area contributed by atoms with Gasteiger partial charge in [-0.1, -0.05) is 20.8 Å². The molecule has 0 aliphatic carbocycles. The Labute approximate surface area is 94.9 Å². The molecule has 5 heteroatoms. The van der Waals surface area contributed by atoms with Gasteiger partial charge in [0.25, 0.3) is 0 Å². The van der Waals surface area contributed by atoms with Crippen LogP contribution in [-0.2, 0) is 10.2 Å². The van der Waals surface area contributed by atoms with Gasteiger partial charge in [-0.25, -0.2) is 9.97 Å². The summed E-state index contributed by atoms with van der Waals surface area (Å²) in [5, 5.41) is 11.5. The number of aliphatic carboxylic acids is 1. The summed E-state index contributed by atoms with van der Waals surface area (Å²) >= 11 is 0. The maximum absolute atomic E-state index is 10.7. The first kappa shape index (κ1) is 12.4. The average molecular weight is 223 g/mol. The van der Waals surface area contributed by atoms with Crippen LogP contribution < -0.4 is 5.32 Å². The van der Waals surface area contributed by atoms with Crippen LogP contribution in [0.15, 0.2) is 12.3 Å². The number of carboxylic acid groups (broad SMARTS) is 1. The first-order valence-corrected chi connectivity index (χ1v) is 5.13. The topological polar surface area (TPSA) is 75.1 Å². The van der Waals surface area contributed by atoms with Crippen LogP contribution in [0.1, 0.15) is 33.4 Å². The smallest absolute Gasteiger partial charge is 0.325 e. The van der Waals surface area contributed by atoms with Gasteiger partial charge in [0.2, 0.25) is 5.95 Å². The lowest BCUT2D eigenvalue weighted by molar-refractivity contribution is -0.137. The van der Waals surface area contributed by atoms with E-state index in [2.05, 4.69) is 15.3 Å². The number of carboxylic acids is 1. The highest BCUT2D eigenvalue weighted by molar-refractivity contribution is 5.75. The molecule has 0 unspecified atom stereocenters. The number of anilines is 1. The molecule has 0 bridgehead atoms. The van der Waals surface area contributed by atoms with E-state index in [9.17, 15) is 4.79 Å². The normalized spacial score (nSPS) is 13.2. The molecule has 0 aliphatic rings. The Morgan fingerprint density at radius 1 is 1.50 bits per heavy atom. The summed E-state index contributed by atoms with van der Waals surface area (Å²) < 4.78 is 0. The summed E-state index contributed by atoms with van der Waals surface area (Å²) in [5.41, 5.74) is 0.800. The quantitative estimate of drug-likeness (QED) is 0.815. The molecule has 16 heavy (non-hydrogen) atoms. The molecule has 2 N–H and O–H groups in total. The van der Waals surface area contributed by atoms with Crippen molar-refractivity contribution in [1.29, 1.82) is 0 Å². The van der Waals surface area contributed by atoms with Crippen molar-refractivity contribution in [3.05, 3.63) is 18.0 Å². The fraction of sp³-hybridized carbons (Fsp3) is 0.545. The van der Waals surface area contributed by atoms with Gasteiger partial charge in [0.05, 0.1) is 5.69 Å². The van der Waals surface area contributed by atoms with Gasteiger partial charge in [0, 0.05) is 11.6 Å². The molecule has 0 radical (unpaired) electrons. The zero-order chi connectivity index (χ0) is 12.3. The van der Waals surface area contributed by atoms with E-state index in [0.717, 1.165) is 5.69 Å². The van der Waals surface area contributed by atoms with Crippen LogP contribution in [0.25, 0.3) is 0 Å². The Balaban J connectivity index is 2.87. The van der Waals surface area contributed by atoms with E-state index >= 15 is 0 Å². The standard InChI is InChI=1S/C11H17N3O2/c1-7(9(15)16)13-10-12-6-5-8(14-10)11(2,3)4/h5-7H,1-4H3,(H,15,16)(H,12,13,14)/t7-/m0/s1. The molecule has 88 valence electrons. The Morgan fingerprint density at radius 2 is 2.12 bits per heavy atom. The molecular formula is C11H17N3O2. The van der Waals surface area contributed by atoms with Gasteiger partial charge in [-0.05, 0) is 13.0 Å². The van der Waals surface area contributed by atoms with Crippen molar-refractivity contribution in [3.8, 4) is 0 Å². The third kappa shape index (κ3) is 3.18. The highest BCUT2D eigenvalue weighted by Gasteiger charge is 2.17. The summed E-state index contributed by atoms with van der Waals surface area (Å²) in [6.45, 7) is 7.68. The van der Waals surface area contributed by atoms with Crippen LogP contribution in [0, 0.1) is 0 Å². The molecule has 5 nitrogen and oxygen atoms in total. The van der Waals surface area contributed by atoms with Crippen LogP contribution in [-0.4, -0.2) is 27.1 Å². The SMILES string of the molecule is C[C@H](Nc1nccc(C(C)(C)C)n1)C(=O)O. The molecule has 0 fully saturated rings. The third-order valence-corrected chi connectivity index (χ3v) is 2.14. The molecule has 1 heterocycles. The fourth-order valence-electron chi connectivity index (χ4n) is 1.10. The van der Waals surface area contributed by atoms with Gasteiger partial charge in [0.1, 0.15) is 6.04 Å². The van der Waals surface area contributed by atoms with Crippen molar-refractivity contribution in [1.82, 2.24) is 9.97 Å². The molecule has 0 amide bonds. The van der Waals surface area contributed by atoms with Crippen molar-refractivity contribution in [2.45, 2.75) is 39.2 Å². The lowest BCUT2D eigenvalue weighted by atomic mass is 9.92. The fourth-order valence-corrected chi connectivity index (χ4v) is 1.10. The molecular weight excluding hydrogens is 206 g/mol. The van der Waals surface area contributed by atoms with E-state index < -0.39 is 12.0 Å². The Bertz CT molecular complexity index is 385. The third-order valence-electron chi connectivity index (χ3n) is 2.14. The second kappa shape index (κ2) is 4.47. The maximum Gasteiger partial charge on any atom is 0.325 e. The molecule has 0 aliphatic heterocycles. The molecule has 1 aromatic heterocycles. The summed E-state index contributed by atoms with van der Waals surface area (Å²) in [5.74, 6) is -0.577. The Hall–Kier alpha value is -1.65. The minimum atomic E-state index is -0.926. The van der Waals surface area contributed by atoms with Crippen LogP contribution in [0.3, 0.4) is 0 Å². The van der Waals surface area contributed by atoms with E-state index in [0.29, 0.717) is 5.95 Å². The number of hydrogen-bond acceptors (Lipinski definition) is 4.